The van der Waals surface area contributed by atoms with Crippen molar-refractivity contribution in [3.05, 3.63) is 184 Å². The van der Waals surface area contributed by atoms with Crippen molar-refractivity contribution in [1.82, 2.24) is 19.9 Å². The first kappa shape index (κ1) is 49.6. The molecule has 0 radical (unpaired) electrons. The van der Waals surface area contributed by atoms with Crippen LogP contribution in [0.25, 0.3) is 40.1 Å². The molecule has 5 unspecified atom stereocenters. The predicted molar refractivity (Wildman–Crippen MR) is 283 cm³/mol. The zero-order valence-electron chi connectivity index (χ0n) is 42.0. The lowest BCUT2D eigenvalue weighted by Crippen LogP contribution is -2.37. The molecule has 7 nitrogen and oxygen atoms in total. The summed E-state index contributed by atoms with van der Waals surface area (Å²) in [6.07, 6.45) is 26.5. The summed E-state index contributed by atoms with van der Waals surface area (Å²) >= 11 is 0. The Hall–Kier alpha value is -6.33. The van der Waals surface area contributed by atoms with Crippen molar-refractivity contribution in [2.75, 3.05) is 17.1 Å². The van der Waals surface area contributed by atoms with Gasteiger partial charge in [-0.1, -0.05) is 99.7 Å². The van der Waals surface area contributed by atoms with Gasteiger partial charge in [0, 0.05) is 52.5 Å². The van der Waals surface area contributed by atoms with Crippen LogP contribution in [0.4, 0.5) is 19.1 Å². The molecule has 2 aromatic heterocycles. The number of aryl methyl sites for hydroxylation is 1. The van der Waals surface area contributed by atoms with Gasteiger partial charge >= 0.3 is 0 Å². The molecule has 0 saturated heterocycles. The molecule has 71 heavy (non-hydrogen) atoms. The molecule has 368 valence electrons. The van der Waals surface area contributed by atoms with Crippen molar-refractivity contribution in [1.29, 1.82) is 0 Å². The molecule has 11 heteroatoms. The van der Waals surface area contributed by atoms with Gasteiger partial charge in [-0.2, -0.15) is 0 Å². The van der Waals surface area contributed by atoms with E-state index in [-0.39, 0.29) is 71.1 Å². The smallest absolute Gasteiger partial charge is 0.240 e. The summed E-state index contributed by atoms with van der Waals surface area (Å²) in [4.78, 5) is 17.9. The normalized spacial score (nSPS) is 22.0. The van der Waals surface area contributed by atoms with Crippen LogP contribution in [0.5, 0.6) is 0 Å². The third kappa shape index (κ3) is 10.1. The zero-order chi connectivity index (χ0) is 50.4. The standard InChI is InChI=1S/C60H64F3N5O2S/c1-9-14-47-54(39-19-25-43(61)26-20-39)50-35-60(7,32-13-18-53-55(40-21-27-44(62)28-22-40)46-16-11-12-17-52(46)68(53)38(5)6)33-31-51(50)64-58(47)49-34-42(49)36-67(71(8,69)70)59-65-56(37(3)4)48(15-10-2)57(66-59)41-23-29-45(63)30-24-41/h9-30,37-38,42,46,49,52H,31-36H2,1-8H3/b14-9+,15-10+,18-13+. The van der Waals surface area contributed by atoms with E-state index in [2.05, 4.69) is 68.2 Å². The highest BCUT2D eigenvalue weighted by Crippen LogP contribution is 2.53. The van der Waals surface area contributed by atoms with E-state index in [1.807, 2.05) is 70.2 Å². The summed E-state index contributed by atoms with van der Waals surface area (Å²) in [5.41, 5.74) is 11.9. The fourth-order valence-electron chi connectivity index (χ4n) is 11.1. The number of fused-ring (bicyclic) bond motifs is 2. The monoisotopic (exact) mass is 975 g/mol. The van der Waals surface area contributed by atoms with Crippen molar-refractivity contribution in [2.24, 2.45) is 17.3 Å². The van der Waals surface area contributed by atoms with E-state index in [4.69, 9.17) is 15.0 Å². The minimum Gasteiger partial charge on any atom is -0.361 e. The fourth-order valence-corrected chi connectivity index (χ4v) is 12.0. The second kappa shape index (κ2) is 20.1. The van der Waals surface area contributed by atoms with Gasteiger partial charge < -0.3 is 4.90 Å². The topological polar surface area (TPSA) is 79.3 Å². The molecule has 1 fully saturated rings. The molecule has 1 aliphatic heterocycles. The zero-order valence-corrected chi connectivity index (χ0v) is 42.8. The van der Waals surface area contributed by atoms with Crippen LogP contribution in [0.2, 0.25) is 0 Å². The molecule has 0 bridgehead atoms. The summed E-state index contributed by atoms with van der Waals surface area (Å²) in [6, 6.07) is 20.1. The van der Waals surface area contributed by atoms with E-state index >= 15 is 0 Å². The lowest BCUT2D eigenvalue weighted by Gasteiger charge is -2.36. The molecule has 3 aromatic carbocycles. The quantitative estimate of drug-likeness (QED) is 0.104. The van der Waals surface area contributed by atoms with Gasteiger partial charge in [-0.15, -0.1) is 0 Å². The largest absolute Gasteiger partial charge is 0.361 e. The van der Waals surface area contributed by atoms with E-state index < -0.39 is 10.0 Å². The van der Waals surface area contributed by atoms with Crippen molar-refractivity contribution in [3.63, 3.8) is 0 Å². The van der Waals surface area contributed by atoms with Crippen LogP contribution in [0.1, 0.15) is 119 Å². The molecule has 9 rings (SSSR count). The van der Waals surface area contributed by atoms with Gasteiger partial charge in [0.1, 0.15) is 17.5 Å². The van der Waals surface area contributed by atoms with Crippen molar-refractivity contribution in [2.45, 2.75) is 104 Å². The number of halogens is 3. The van der Waals surface area contributed by atoms with Crippen LogP contribution in [0, 0.1) is 34.7 Å². The molecule has 5 aromatic rings. The molecule has 1 saturated carbocycles. The van der Waals surface area contributed by atoms with Gasteiger partial charge in [0.15, 0.2) is 0 Å². The molecule has 0 spiro atoms. The van der Waals surface area contributed by atoms with Gasteiger partial charge in [0.2, 0.25) is 16.0 Å². The Balaban J connectivity index is 1.06. The molecular weight excluding hydrogens is 912 g/mol. The Morgan fingerprint density at radius 3 is 2.00 bits per heavy atom. The first-order valence-electron chi connectivity index (χ1n) is 25.0. The molecule has 3 aliphatic carbocycles. The number of rotatable bonds is 15. The SMILES string of the molecule is C/C=C/c1c(-c2ccc(F)cc2)nc(N(CC2CC2c2nc3c(c(-c4ccc(F)cc4)c2/C=C/C)CC(C)(C/C=C/C2=C(c4ccc(F)cc4)C4C=CC=CC4N2C(C)C)CC3)S(C)(=O)=O)nc1C(C)C. The Morgan fingerprint density at radius 2 is 1.39 bits per heavy atom. The molecule has 5 atom stereocenters. The first-order valence-corrected chi connectivity index (χ1v) is 26.9. The summed E-state index contributed by atoms with van der Waals surface area (Å²) in [6.45, 7) is 14.9. The minimum absolute atomic E-state index is 0.0538. The van der Waals surface area contributed by atoms with E-state index in [9.17, 15) is 21.6 Å². The van der Waals surface area contributed by atoms with Crippen molar-refractivity contribution < 1.29 is 21.6 Å². The highest BCUT2D eigenvalue weighted by molar-refractivity contribution is 7.92. The van der Waals surface area contributed by atoms with Gasteiger partial charge in [0.05, 0.1) is 29.4 Å². The first-order chi connectivity index (χ1) is 34.0. The molecule has 0 N–H and O–H groups in total. The van der Waals surface area contributed by atoms with Crippen molar-refractivity contribution in [3.8, 4) is 22.4 Å². The number of anilines is 1. The summed E-state index contributed by atoms with van der Waals surface area (Å²) in [5, 5.41) is 0. The van der Waals surface area contributed by atoms with E-state index in [1.165, 1.54) is 40.4 Å². The Morgan fingerprint density at radius 1 is 0.789 bits per heavy atom. The highest BCUT2D eigenvalue weighted by Gasteiger charge is 2.46. The van der Waals surface area contributed by atoms with Gasteiger partial charge in [-0.05, 0) is 159 Å². The maximum Gasteiger partial charge on any atom is 0.240 e. The number of benzene rings is 3. The average Bonchev–Trinajstić information content (AvgIpc) is 4.03. The van der Waals surface area contributed by atoms with Crippen LogP contribution < -0.4 is 4.31 Å². The average molecular weight is 976 g/mol. The van der Waals surface area contributed by atoms with Crippen LogP contribution in [-0.4, -0.2) is 53.2 Å². The number of allylic oxidation sites excluding steroid dienone is 6. The number of sulfonamides is 1. The van der Waals surface area contributed by atoms with E-state index in [1.54, 1.807) is 24.3 Å². The molecule has 4 aliphatic rings. The third-order valence-electron chi connectivity index (χ3n) is 14.7. The van der Waals surface area contributed by atoms with E-state index in [0.717, 1.165) is 76.1 Å². The van der Waals surface area contributed by atoms with E-state index in [0.29, 0.717) is 23.4 Å². The lowest BCUT2D eigenvalue weighted by molar-refractivity contribution is 0.250. The lowest BCUT2D eigenvalue weighted by atomic mass is 9.70. The van der Waals surface area contributed by atoms with Crippen LogP contribution in [-0.2, 0) is 22.9 Å². The fraction of sp³-hybridized carbons (Fsp3) is 0.350. The van der Waals surface area contributed by atoms with Crippen LogP contribution in [0.15, 0.2) is 127 Å². The second-order valence-electron chi connectivity index (χ2n) is 20.6. The van der Waals surface area contributed by atoms with Gasteiger partial charge in [-0.3, -0.25) is 4.98 Å². The number of hydrogen-bond acceptors (Lipinski definition) is 6. The molecule has 3 heterocycles. The maximum absolute atomic E-state index is 14.7. The van der Waals surface area contributed by atoms with Crippen LogP contribution in [0.3, 0.4) is 0 Å². The van der Waals surface area contributed by atoms with Gasteiger partial charge in [0.25, 0.3) is 0 Å². The summed E-state index contributed by atoms with van der Waals surface area (Å²) in [5.74, 6) is -0.911. The third-order valence-corrected chi connectivity index (χ3v) is 15.8. The maximum atomic E-state index is 14.7. The summed E-state index contributed by atoms with van der Waals surface area (Å²) in [7, 11) is -3.87. The molecular formula is C60H64F3N5O2S. The van der Waals surface area contributed by atoms with Crippen molar-refractivity contribution >= 4 is 33.7 Å². The minimum atomic E-state index is -3.87. The van der Waals surface area contributed by atoms with Crippen LogP contribution >= 0.6 is 0 Å². The number of nitrogens with zero attached hydrogens (tertiary/aromatic N) is 5. The Kier molecular flexibility index (Phi) is 14.0. The summed E-state index contributed by atoms with van der Waals surface area (Å²) < 4.78 is 72.1. The second-order valence-corrected chi connectivity index (χ2v) is 22.5. The van der Waals surface area contributed by atoms with Gasteiger partial charge in [-0.25, -0.2) is 35.9 Å². The number of hydrogen-bond donors (Lipinski definition) is 0. The Bertz CT molecular complexity index is 3120. The highest BCUT2D eigenvalue weighted by atomic mass is 32.2. The predicted octanol–water partition coefficient (Wildman–Crippen LogP) is 14.1. The number of pyridine rings is 1. The number of aromatic nitrogens is 3. The molecule has 0 amide bonds. The Labute approximate surface area is 418 Å².